The molecule has 0 saturated carbocycles. The van der Waals surface area contributed by atoms with Gasteiger partial charge in [0, 0.05) is 31.6 Å². The molecule has 8 heteroatoms. The van der Waals surface area contributed by atoms with Crippen molar-refractivity contribution < 1.29 is 17.6 Å². The van der Waals surface area contributed by atoms with Crippen molar-refractivity contribution in [2.24, 2.45) is 0 Å². The number of carbonyl (C=O) groups excluding carboxylic acids is 1. The maximum Gasteiger partial charge on any atom is 0.240 e. The number of nitrogens with one attached hydrogen (secondary N) is 1. The van der Waals surface area contributed by atoms with Gasteiger partial charge in [0.25, 0.3) is 0 Å². The minimum Gasteiger partial charge on any atom is -0.341 e. The molecule has 0 aromatic heterocycles. The van der Waals surface area contributed by atoms with E-state index in [0.29, 0.717) is 11.6 Å². The molecule has 0 aliphatic heterocycles. The molecule has 0 radical (unpaired) electrons. The van der Waals surface area contributed by atoms with Crippen LogP contribution in [-0.4, -0.2) is 32.8 Å². The predicted octanol–water partition coefficient (Wildman–Crippen LogP) is 2.81. The number of amides is 1. The minimum atomic E-state index is -3.71. The highest BCUT2D eigenvalue weighted by molar-refractivity contribution is 7.89. The van der Waals surface area contributed by atoms with E-state index >= 15 is 0 Å². The molecule has 0 saturated heterocycles. The number of nitrogens with zero attached hydrogens (tertiary/aromatic N) is 1. The van der Waals surface area contributed by atoms with Gasteiger partial charge in [-0.25, -0.2) is 17.5 Å². The summed E-state index contributed by atoms with van der Waals surface area (Å²) in [5, 5.41) is 0.318. The average Bonchev–Trinajstić information content (AvgIpc) is 2.56. The van der Waals surface area contributed by atoms with Crippen LogP contribution in [0.4, 0.5) is 4.39 Å². The second-order valence-electron chi connectivity index (χ2n) is 5.48. The van der Waals surface area contributed by atoms with Crippen LogP contribution in [0.5, 0.6) is 0 Å². The zero-order valence-electron chi connectivity index (χ0n) is 13.6. The minimum absolute atomic E-state index is 0.0114. The van der Waals surface area contributed by atoms with Crippen molar-refractivity contribution in [3.8, 4) is 0 Å². The highest BCUT2D eigenvalue weighted by Gasteiger charge is 2.15. The van der Waals surface area contributed by atoms with Gasteiger partial charge in [0.15, 0.2) is 0 Å². The van der Waals surface area contributed by atoms with E-state index in [2.05, 4.69) is 4.72 Å². The first-order chi connectivity index (χ1) is 11.8. The highest BCUT2D eigenvalue weighted by atomic mass is 35.5. The zero-order valence-corrected chi connectivity index (χ0v) is 15.1. The van der Waals surface area contributed by atoms with Gasteiger partial charge in [-0.1, -0.05) is 29.8 Å². The Bertz CT molecular complexity index is 841. The van der Waals surface area contributed by atoms with E-state index in [1.807, 2.05) is 0 Å². The molecule has 25 heavy (non-hydrogen) atoms. The number of benzene rings is 2. The molecule has 2 rings (SSSR count). The molecule has 0 spiro atoms. The molecular formula is C17H18ClFN2O3S. The molecular weight excluding hydrogens is 367 g/mol. The summed E-state index contributed by atoms with van der Waals surface area (Å²) in [6.45, 7) is 0.293. The molecule has 1 N–H and O–H groups in total. The zero-order chi connectivity index (χ0) is 18.4. The smallest absolute Gasteiger partial charge is 0.240 e. The SMILES string of the molecule is CN(Cc1ccc(F)cc1)C(=O)CCNS(=O)(=O)c1cccc(Cl)c1. The molecule has 0 atom stereocenters. The molecule has 0 bridgehead atoms. The first-order valence-electron chi connectivity index (χ1n) is 7.51. The monoisotopic (exact) mass is 384 g/mol. The molecule has 134 valence electrons. The first-order valence-corrected chi connectivity index (χ1v) is 9.38. The van der Waals surface area contributed by atoms with Gasteiger partial charge in [-0.3, -0.25) is 4.79 Å². The fraction of sp³-hybridized carbons (Fsp3) is 0.235. The van der Waals surface area contributed by atoms with E-state index in [4.69, 9.17) is 11.6 Å². The largest absolute Gasteiger partial charge is 0.341 e. The van der Waals surface area contributed by atoms with Gasteiger partial charge in [0.1, 0.15) is 5.82 Å². The predicted molar refractivity (Wildman–Crippen MR) is 94.1 cm³/mol. The maximum atomic E-state index is 12.9. The molecule has 2 aromatic carbocycles. The van der Waals surface area contributed by atoms with Crippen LogP contribution in [-0.2, 0) is 21.4 Å². The molecule has 0 aliphatic rings. The van der Waals surface area contributed by atoms with E-state index < -0.39 is 10.0 Å². The van der Waals surface area contributed by atoms with Gasteiger partial charge in [-0.15, -0.1) is 0 Å². The molecule has 0 unspecified atom stereocenters. The Balaban J connectivity index is 1.86. The first kappa shape index (κ1) is 19.4. The lowest BCUT2D eigenvalue weighted by molar-refractivity contribution is -0.130. The second-order valence-corrected chi connectivity index (χ2v) is 7.68. The second kappa shape index (κ2) is 8.42. The van der Waals surface area contributed by atoms with Crippen molar-refractivity contribution in [2.75, 3.05) is 13.6 Å². The molecule has 5 nitrogen and oxygen atoms in total. The quantitative estimate of drug-likeness (QED) is 0.798. The van der Waals surface area contributed by atoms with E-state index in [1.54, 1.807) is 31.3 Å². The summed E-state index contributed by atoms with van der Waals surface area (Å²) in [6.07, 6.45) is 0.0114. The van der Waals surface area contributed by atoms with Crippen LogP contribution in [0.15, 0.2) is 53.4 Å². The Morgan fingerprint density at radius 3 is 2.52 bits per heavy atom. The number of carbonyl (C=O) groups is 1. The maximum absolute atomic E-state index is 12.9. The van der Waals surface area contributed by atoms with Crippen LogP contribution in [0, 0.1) is 5.82 Å². The fourth-order valence-electron chi connectivity index (χ4n) is 2.15. The Kier molecular flexibility index (Phi) is 6.52. The highest BCUT2D eigenvalue weighted by Crippen LogP contribution is 2.15. The van der Waals surface area contributed by atoms with Crippen LogP contribution in [0.2, 0.25) is 5.02 Å². The Morgan fingerprint density at radius 2 is 1.88 bits per heavy atom. The number of rotatable bonds is 7. The summed E-state index contributed by atoms with van der Waals surface area (Å²) in [5.74, 6) is -0.564. The number of halogens is 2. The average molecular weight is 385 g/mol. The van der Waals surface area contributed by atoms with E-state index in [9.17, 15) is 17.6 Å². The summed E-state index contributed by atoms with van der Waals surface area (Å²) in [4.78, 5) is 13.6. The lowest BCUT2D eigenvalue weighted by Crippen LogP contribution is -2.31. The van der Waals surface area contributed by atoms with Crippen LogP contribution < -0.4 is 4.72 Å². The Hall–Kier alpha value is -1.96. The van der Waals surface area contributed by atoms with Gasteiger partial charge in [0.05, 0.1) is 4.90 Å². The van der Waals surface area contributed by atoms with Crippen molar-refractivity contribution in [3.05, 3.63) is 64.9 Å². The topological polar surface area (TPSA) is 66.5 Å². The molecule has 1 amide bonds. The third kappa shape index (κ3) is 5.81. The van der Waals surface area contributed by atoms with Gasteiger partial charge in [0.2, 0.25) is 15.9 Å². The van der Waals surface area contributed by atoms with Crippen molar-refractivity contribution in [2.45, 2.75) is 17.9 Å². The van der Waals surface area contributed by atoms with Gasteiger partial charge >= 0.3 is 0 Å². The molecule has 0 aliphatic carbocycles. The normalized spacial score (nSPS) is 11.3. The summed E-state index contributed by atoms with van der Waals surface area (Å²) < 4.78 is 39.5. The van der Waals surface area contributed by atoms with Crippen molar-refractivity contribution in [1.82, 2.24) is 9.62 Å². The van der Waals surface area contributed by atoms with Crippen molar-refractivity contribution >= 4 is 27.5 Å². The fourth-order valence-corrected chi connectivity index (χ4v) is 3.48. The molecule has 2 aromatic rings. The third-order valence-corrected chi connectivity index (χ3v) is 5.19. The number of hydrogen-bond donors (Lipinski definition) is 1. The standard InChI is InChI=1S/C17H18ClFN2O3S/c1-21(12-13-5-7-15(19)8-6-13)17(22)9-10-20-25(23,24)16-4-2-3-14(18)11-16/h2-8,11,20H,9-10,12H2,1H3. The Morgan fingerprint density at radius 1 is 1.20 bits per heavy atom. The van der Waals surface area contributed by atoms with Crippen LogP contribution in [0.1, 0.15) is 12.0 Å². The van der Waals surface area contributed by atoms with Gasteiger partial charge in [-0.05, 0) is 35.9 Å². The molecule has 0 fully saturated rings. The third-order valence-electron chi connectivity index (χ3n) is 3.50. The van der Waals surface area contributed by atoms with Crippen molar-refractivity contribution in [3.63, 3.8) is 0 Å². The lowest BCUT2D eigenvalue weighted by atomic mass is 10.2. The summed E-state index contributed by atoms with van der Waals surface area (Å²) in [7, 11) is -2.11. The van der Waals surface area contributed by atoms with E-state index in [1.165, 1.54) is 29.2 Å². The van der Waals surface area contributed by atoms with Gasteiger partial charge in [-0.2, -0.15) is 0 Å². The summed E-state index contributed by atoms with van der Waals surface area (Å²) >= 11 is 5.79. The number of sulfonamides is 1. The summed E-state index contributed by atoms with van der Waals surface area (Å²) in [6, 6.07) is 11.7. The number of hydrogen-bond acceptors (Lipinski definition) is 3. The van der Waals surface area contributed by atoms with Crippen LogP contribution in [0.25, 0.3) is 0 Å². The van der Waals surface area contributed by atoms with E-state index in [-0.39, 0.29) is 29.6 Å². The van der Waals surface area contributed by atoms with Crippen LogP contribution >= 0.6 is 11.6 Å². The van der Waals surface area contributed by atoms with Gasteiger partial charge < -0.3 is 4.90 Å². The summed E-state index contributed by atoms with van der Waals surface area (Å²) in [5.41, 5.74) is 0.789. The molecule has 0 heterocycles. The van der Waals surface area contributed by atoms with Crippen molar-refractivity contribution in [1.29, 1.82) is 0 Å². The van der Waals surface area contributed by atoms with E-state index in [0.717, 1.165) is 5.56 Å². The Labute approximate surface area is 151 Å². The lowest BCUT2D eigenvalue weighted by Gasteiger charge is -2.17. The van der Waals surface area contributed by atoms with Crippen LogP contribution in [0.3, 0.4) is 0 Å².